The average molecular weight is 264 g/mol. The van der Waals surface area contributed by atoms with Gasteiger partial charge in [-0.15, -0.1) is 0 Å². The summed E-state index contributed by atoms with van der Waals surface area (Å²) in [6.45, 7) is 5.49. The highest BCUT2D eigenvalue weighted by Crippen LogP contribution is 2.14. The Bertz CT molecular complexity index is 497. The molecule has 0 saturated carbocycles. The molecule has 104 valence electrons. The van der Waals surface area contributed by atoms with Gasteiger partial charge in [0.1, 0.15) is 0 Å². The van der Waals surface area contributed by atoms with E-state index in [0.717, 1.165) is 0 Å². The molecule has 4 N–H and O–H groups in total. The number of nitrogen functional groups attached to an aromatic ring is 1. The number of carbonyl (C=O) groups is 2. The van der Waals surface area contributed by atoms with Crippen LogP contribution in [0.4, 0.5) is 5.69 Å². The van der Waals surface area contributed by atoms with E-state index in [1.165, 1.54) is 6.20 Å². The third-order valence-electron chi connectivity index (χ3n) is 2.89. The highest BCUT2D eigenvalue weighted by molar-refractivity contribution is 5.96. The van der Waals surface area contributed by atoms with Crippen molar-refractivity contribution in [3.05, 3.63) is 23.5 Å². The van der Waals surface area contributed by atoms with Crippen LogP contribution in [0, 0.1) is 12.3 Å². The number of pyridine rings is 1. The number of aromatic nitrogens is 1. The summed E-state index contributed by atoms with van der Waals surface area (Å²) >= 11 is 0. The van der Waals surface area contributed by atoms with Crippen LogP contribution in [0.2, 0.25) is 0 Å². The maximum absolute atomic E-state index is 12.0. The number of hydrogen-bond acceptors (Lipinski definition) is 4. The molecule has 0 bridgehead atoms. The first-order valence-electron chi connectivity index (χ1n) is 6.00. The monoisotopic (exact) mass is 264 g/mol. The first-order valence-corrected chi connectivity index (χ1v) is 6.00. The Balaban J connectivity index is 2.76. The summed E-state index contributed by atoms with van der Waals surface area (Å²) in [5.41, 5.74) is 6.39. The minimum absolute atomic E-state index is 0.129. The van der Waals surface area contributed by atoms with Gasteiger partial charge < -0.3 is 16.4 Å². The van der Waals surface area contributed by atoms with Gasteiger partial charge in [0.25, 0.3) is 5.91 Å². The Morgan fingerprint density at radius 2 is 2.05 bits per heavy atom. The zero-order chi connectivity index (χ0) is 14.6. The molecule has 0 aliphatic carbocycles. The number of hydrogen-bond donors (Lipinski definition) is 3. The fraction of sp³-hybridized carbons (Fsp3) is 0.462. The SMILES string of the molecule is CNC(=O)C(C)(C)CNC(=O)c1cc(N)cnc1C. The molecule has 6 heteroatoms. The average Bonchev–Trinajstić information content (AvgIpc) is 2.37. The minimum Gasteiger partial charge on any atom is -0.397 e. The van der Waals surface area contributed by atoms with Gasteiger partial charge in [0.2, 0.25) is 5.91 Å². The third kappa shape index (κ3) is 3.67. The van der Waals surface area contributed by atoms with Gasteiger partial charge in [-0.2, -0.15) is 0 Å². The van der Waals surface area contributed by atoms with Crippen LogP contribution in [0.1, 0.15) is 29.9 Å². The molecule has 0 fully saturated rings. The zero-order valence-electron chi connectivity index (χ0n) is 11.7. The molecule has 0 unspecified atom stereocenters. The lowest BCUT2D eigenvalue weighted by Crippen LogP contribution is -2.43. The molecule has 1 aromatic rings. The molecule has 0 aromatic carbocycles. The molecule has 0 aliphatic heterocycles. The van der Waals surface area contributed by atoms with Crippen molar-refractivity contribution in [3.8, 4) is 0 Å². The number of nitrogens with zero attached hydrogens (tertiary/aromatic N) is 1. The largest absolute Gasteiger partial charge is 0.397 e. The first-order chi connectivity index (χ1) is 8.77. The number of nitrogens with one attached hydrogen (secondary N) is 2. The van der Waals surface area contributed by atoms with Crippen molar-refractivity contribution < 1.29 is 9.59 Å². The molecule has 0 radical (unpaired) electrons. The Kier molecular flexibility index (Phi) is 4.47. The van der Waals surface area contributed by atoms with Crippen LogP contribution in [0.15, 0.2) is 12.3 Å². The van der Waals surface area contributed by atoms with Crippen molar-refractivity contribution in [2.24, 2.45) is 5.41 Å². The lowest BCUT2D eigenvalue weighted by Gasteiger charge is -2.23. The van der Waals surface area contributed by atoms with Crippen molar-refractivity contribution in [1.82, 2.24) is 15.6 Å². The Morgan fingerprint density at radius 1 is 1.42 bits per heavy atom. The molecule has 1 heterocycles. The van der Waals surface area contributed by atoms with Crippen LogP contribution < -0.4 is 16.4 Å². The fourth-order valence-corrected chi connectivity index (χ4v) is 1.59. The molecule has 1 aromatic heterocycles. The molecular formula is C13H20N4O2. The quantitative estimate of drug-likeness (QED) is 0.736. The highest BCUT2D eigenvalue weighted by atomic mass is 16.2. The molecule has 0 aliphatic rings. The van der Waals surface area contributed by atoms with Crippen LogP contribution in [0.5, 0.6) is 0 Å². The Labute approximate surface area is 112 Å². The molecule has 6 nitrogen and oxygen atoms in total. The van der Waals surface area contributed by atoms with Gasteiger partial charge in [0.05, 0.1) is 28.6 Å². The second kappa shape index (κ2) is 5.69. The number of anilines is 1. The van der Waals surface area contributed by atoms with E-state index in [1.54, 1.807) is 33.9 Å². The lowest BCUT2D eigenvalue weighted by atomic mass is 9.92. The second-order valence-electron chi connectivity index (χ2n) is 5.05. The maximum Gasteiger partial charge on any atom is 0.253 e. The van der Waals surface area contributed by atoms with Crippen molar-refractivity contribution >= 4 is 17.5 Å². The van der Waals surface area contributed by atoms with E-state index >= 15 is 0 Å². The standard InChI is InChI=1S/C13H20N4O2/c1-8-10(5-9(14)6-16-8)11(18)17-7-13(2,3)12(19)15-4/h5-6H,7,14H2,1-4H3,(H,15,19)(H,17,18). The van der Waals surface area contributed by atoms with Gasteiger partial charge in [-0.25, -0.2) is 0 Å². The number of rotatable bonds is 4. The fourth-order valence-electron chi connectivity index (χ4n) is 1.59. The normalized spacial score (nSPS) is 10.9. The molecular weight excluding hydrogens is 244 g/mol. The molecule has 19 heavy (non-hydrogen) atoms. The summed E-state index contributed by atoms with van der Waals surface area (Å²) in [6.07, 6.45) is 1.50. The van der Waals surface area contributed by atoms with Gasteiger partial charge in [0, 0.05) is 13.6 Å². The molecule has 0 saturated heterocycles. The van der Waals surface area contributed by atoms with Crippen LogP contribution >= 0.6 is 0 Å². The summed E-state index contributed by atoms with van der Waals surface area (Å²) in [7, 11) is 1.57. The van der Waals surface area contributed by atoms with E-state index in [2.05, 4.69) is 15.6 Å². The van der Waals surface area contributed by atoms with Crippen LogP contribution in [0.3, 0.4) is 0 Å². The van der Waals surface area contributed by atoms with E-state index < -0.39 is 5.41 Å². The van der Waals surface area contributed by atoms with Crippen molar-refractivity contribution in [1.29, 1.82) is 0 Å². The Hall–Kier alpha value is -2.11. The Morgan fingerprint density at radius 3 is 2.63 bits per heavy atom. The predicted molar refractivity (Wildman–Crippen MR) is 73.6 cm³/mol. The number of carbonyl (C=O) groups excluding carboxylic acids is 2. The summed E-state index contributed by atoms with van der Waals surface area (Å²) in [4.78, 5) is 27.7. The first kappa shape index (κ1) is 14.9. The number of nitrogens with two attached hydrogens (primary N) is 1. The minimum atomic E-state index is -0.675. The maximum atomic E-state index is 12.0. The summed E-state index contributed by atoms with van der Waals surface area (Å²) in [5.74, 6) is -0.412. The molecule has 0 spiro atoms. The molecule has 1 rings (SSSR count). The number of aryl methyl sites for hydroxylation is 1. The van der Waals surface area contributed by atoms with Crippen LogP contribution in [0.25, 0.3) is 0 Å². The lowest BCUT2D eigenvalue weighted by molar-refractivity contribution is -0.128. The third-order valence-corrected chi connectivity index (χ3v) is 2.89. The molecule has 2 amide bonds. The van der Waals surface area contributed by atoms with Crippen molar-refractivity contribution in [2.75, 3.05) is 19.3 Å². The van der Waals surface area contributed by atoms with Crippen LogP contribution in [-0.2, 0) is 4.79 Å². The zero-order valence-corrected chi connectivity index (χ0v) is 11.7. The van der Waals surface area contributed by atoms with E-state index in [1.807, 2.05) is 0 Å². The highest BCUT2D eigenvalue weighted by Gasteiger charge is 2.27. The van der Waals surface area contributed by atoms with E-state index in [-0.39, 0.29) is 18.4 Å². The van der Waals surface area contributed by atoms with Gasteiger partial charge in [-0.3, -0.25) is 14.6 Å². The van der Waals surface area contributed by atoms with Gasteiger partial charge in [-0.1, -0.05) is 0 Å². The van der Waals surface area contributed by atoms with Gasteiger partial charge in [0.15, 0.2) is 0 Å². The molecule has 0 atom stereocenters. The second-order valence-corrected chi connectivity index (χ2v) is 5.05. The van der Waals surface area contributed by atoms with Crippen molar-refractivity contribution in [3.63, 3.8) is 0 Å². The summed E-state index contributed by atoms with van der Waals surface area (Å²) in [5, 5.41) is 5.29. The summed E-state index contributed by atoms with van der Waals surface area (Å²) < 4.78 is 0. The topological polar surface area (TPSA) is 97.1 Å². The van der Waals surface area contributed by atoms with E-state index in [4.69, 9.17) is 5.73 Å². The van der Waals surface area contributed by atoms with E-state index in [0.29, 0.717) is 16.9 Å². The summed E-state index contributed by atoms with van der Waals surface area (Å²) in [6, 6.07) is 1.57. The van der Waals surface area contributed by atoms with Crippen molar-refractivity contribution in [2.45, 2.75) is 20.8 Å². The smallest absolute Gasteiger partial charge is 0.253 e. The van der Waals surface area contributed by atoms with E-state index in [9.17, 15) is 9.59 Å². The predicted octanol–water partition coefficient (Wildman–Crippen LogP) is 0.474. The van der Waals surface area contributed by atoms with Gasteiger partial charge >= 0.3 is 0 Å². The van der Waals surface area contributed by atoms with Gasteiger partial charge in [-0.05, 0) is 26.8 Å². The van der Waals surface area contributed by atoms with Crippen LogP contribution in [-0.4, -0.2) is 30.4 Å². The number of amides is 2.